The van der Waals surface area contributed by atoms with Gasteiger partial charge in [-0.05, 0) is 12.8 Å². The van der Waals surface area contributed by atoms with E-state index in [1.807, 2.05) is 34.8 Å². The van der Waals surface area contributed by atoms with Gasteiger partial charge in [-0.2, -0.15) is 5.10 Å². The molecular weight excluding hydrogens is 254 g/mol. The number of aryl methyl sites for hydroxylation is 1. The Bertz CT molecular complexity index is 544. The molecule has 0 aliphatic heterocycles. The molecule has 0 radical (unpaired) electrons. The minimum atomic E-state index is 0.574. The van der Waals surface area contributed by atoms with Crippen LogP contribution in [0.3, 0.4) is 0 Å². The van der Waals surface area contributed by atoms with Gasteiger partial charge in [0.25, 0.3) is 0 Å². The minimum Gasteiger partial charge on any atom is -0.383 e. The van der Waals surface area contributed by atoms with Crippen LogP contribution in [0.1, 0.15) is 19.5 Å². The van der Waals surface area contributed by atoms with E-state index >= 15 is 0 Å². The maximum absolute atomic E-state index is 5.06. The lowest BCUT2D eigenvalue weighted by Gasteiger charge is -2.09. The van der Waals surface area contributed by atoms with E-state index in [-0.39, 0.29) is 0 Å². The van der Waals surface area contributed by atoms with Gasteiger partial charge in [0.2, 0.25) is 5.95 Å². The summed E-state index contributed by atoms with van der Waals surface area (Å²) in [4.78, 5) is 4.52. The summed E-state index contributed by atoms with van der Waals surface area (Å²) in [5.41, 5.74) is 1.99. The van der Waals surface area contributed by atoms with Gasteiger partial charge >= 0.3 is 0 Å². The third-order valence-corrected chi connectivity index (χ3v) is 2.92. The van der Waals surface area contributed by atoms with Gasteiger partial charge in [-0.25, -0.2) is 4.98 Å². The van der Waals surface area contributed by atoms with Crippen LogP contribution >= 0.6 is 0 Å². The fourth-order valence-electron chi connectivity index (χ4n) is 1.90. The van der Waals surface area contributed by atoms with Gasteiger partial charge in [0.1, 0.15) is 0 Å². The summed E-state index contributed by atoms with van der Waals surface area (Å²) in [7, 11) is 1.69. The number of nitrogens with one attached hydrogen (secondary N) is 1. The number of anilines is 1. The Morgan fingerprint density at radius 3 is 2.85 bits per heavy atom. The lowest BCUT2D eigenvalue weighted by atomic mass is 10.2. The number of ether oxygens (including phenoxy) is 1. The van der Waals surface area contributed by atoms with Gasteiger partial charge in [-0.15, -0.1) is 0 Å². The second-order valence-corrected chi connectivity index (χ2v) is 5.31. The Morgan fingerprint density at radius 2 is 2.15 bits per heavy atom. The standard InChI is InChI=1S/C14H23N5O/c1-11(2)7-15-14-17-12(3)9-19(14)13-8-16-18(10-13)5-6-20-4/h8-11H,5-7H2,1-4H3,(H,15,17). The highest BCUT2D eigenvalue weighted by molar-refractivity contribution is 5.40. The van der Waals surface area contributed by atoms with Crippen molar-refractivity contribution in [2.75, 3.05) is 25.6 Å². The molecule has 0 amide bonds. The second-order valence-electron chi connectivity index (χ2n) is 5.31. The van der Waals surface area contributed by atoms with E-state index in [1.165, 1.54) is 0 Å². The summed E-state index contributed by atoms with van der Waals surface area (Å²) in [6.45, 7) is 8.65. The quantitative estimate of drug-likeness (QED) is 0.842. The molecule has 6 heteroatoms. The van der Waals surface area contributed by atoms with Gasteiger partial charge in [0, 0.05) is 26.0 Å². The SMILES string of the molecule is COCCn1cc(-n2cc(C)nc2NCC(C)C)cn1. The first-order chi connectivity index (χ1) is 9.60. The molecular formula is C14H23N5O. The molecule has 0 bridgehead atoms. The lowest BCUT2D eigenvalue weighted by molar-refractivity contribution is 0.183. The molecule has 0 aromatic carbocycles. The van der Waals surface area contributed by atoms with Crippen molar-refractivity contribution in [2.45, 2.75) is 27.3 Å². The van der Waals surface area contributed by atoms with Crippen molar-refractivity contribution in [3.8, 4) is 5.69 Å². The van der Waals surface area contributed by atoms with Gasteiger partial charge in [-0.1, -0.05) is 13.8 Å². The largest absolute Gasteiger partial charge is 0.383 e. The first-order valence-corrected chi connectivity index (χ1v) is 6.91. The van der Waals surface area contributed by atoms with Crippen molar-refractivity contribution in [1.29, 1.82) is 0 Å². The number of aromatic nitrogens is 4. The summed E-state index contributed by atoms with van der Waals surface area (Å²) in [6, 6.07) is 0. The highest BCUT2D eigenvalue weighted by Crippen LogP contribution is 2.16. The molecule has 2 aromatic heterocycles. The zero-order valence-electron chi connectivity index (χ0n) is 12.6. The van der Waals surface area contributed by atoms with Gasteiger partial charge in [0.05, 0.1) is 30.7 Å². The van der Waals surface area contributed by atoms with Crippen LogP contribution < -0.4 is 5.32 Å². The van der Waals surface area contributed by atoms with Crippen LogP contribution in [0.5, 0.6) is 0 Å². The zero-order valence-corrected chi connectivity index (χ0v) is 12.6. The normalized spacial score (nSPS) is 11.2. The zero-order chi connectivity index (χ0) is 14.5. The van der Waals surface area contributed by atoms with Gasteiger partial charge in [0.15, 0.2) is 0 Å². The summed E-state index contributed by atoms with van der Waals surface area (Å²) < 4.78 is 8.97. The van der Waals surface area contributed by atoms with E-state index in [0.29, 0.717) is 12.5 Å². The molecule has 0 aliphatic carbocycles. The Hall–Kier alpha value is -1.82. The predicted molar refractivity (Wildman–Crippen MR) is 79.3 cm³/mol. The average Bonchev–Trinajstić information content (AvgIpc) is 3.00. The van der Waals surface area contributed by atoms with E-state index in [4.69, 9.17) is 4.74 Å². The van der Waals surface area contributed by atoms with E-state index in [9.17, 15) is 0 Å². The van der Waals surface area contributed by atoms with Crippen molar-refractivity contribution in [2.24, 2.45) is 5.92 Å². The second kappa shape index (κ2) is 6.56. The smallest absolute Gasteiger partial charge is 0.207 e. The molecule has 1 N–H and O–H groups in total. The van der Waals surface area contributed by atoms with Crippen LogP contribution in [0.2, 0.25) is 0 Å². The molecule has 0 fully saturated rings. The van der Waals surface area contributed by atoms with Gasteiger partial charge < -0.3 is 10.1 Å². The molecule has 20 heavy (non-hydrogen) atoms. The monoisotopic (exact) mass is 277 g/mol. The Labute approximate surface area is 119 Å². The van der Waals surface area contributed by atoms with E-state index < -0.39 is 0 Å². The molecule has 0 unspecified atom stereocenters. The molecule has 2 aromatic rings. The van der Waals surface area contributed by atoms with Gasteiger partial charge in [-0.3, -0.25) is 9.25 Å². The van der Waals surface area contributed by atoms with Crippen molar-refractivity contribution >= 4 is 5.95 Å². The van der Waals surface area contributed by atoms with Crippen LogP contribution in [0.15, 0.2) is 18.6 Å². The first-order valence-electron chi connectivity index (χ1n) is 6.91. The molecule has 2 rings (SSSR count). The van der Waals surface area contributed by atoms with Crippen molar-refractivity contribution in [3.63, 3.8) is 0 Å². The number of hydrogen-bond donors (Lipinski definition) is 1. The minimum absolute atomic E-state index is 0.574. The Morgan fingerprint density at radius 1 is 1.35 bits per heavy atom. The first kappa shape index (κ1) is 14.6. The molecule has 110 valence electrons. The van der Waals surface area contributed by atoms with Crippen LogP contribution in [0.4, 0.5) is 5.95 Å². The molecule has 0 aliphatic rings. The summed E-state index contributed by atoms with van der Waals surface area (Å²) in [6.07, 6.45) is 5.86. The van der Waals surface area contributed by atoms with Crippen LogP contribution in [-0.2, 0) is 11.3 Å². The van der Waals surface area contributed by atoms with Crippen molar-refractivity contribution < 1.29 is 4.74 Å². The maximum atomic E-state index is 5.06. The topological polar surface area (TPSA) is 56.9 Å². The van der Waals surface area contributed by atoms with E-state index in [2.05, 4.69) is 29.2 Å². The fourth-order valence-corrected chi connectivity index (χ4v) is 1.90. The molecule has 6 nitrogen and oxygen atoms in total. The van der Waals surface area contributed by atoms with E-state index in [0.717, 1.165) is 30.4 Å². The number of methoxy groups -OCH3 is 1. The average molecular weight is 277 g/mol. The highest BCUT2D eigenvalue weighted by Gasteiger charge is 2.09. The Balaban J connectivity index is 2.16. The number of imidazole rings is 1. The van der Waals surface area contributed by atoms with Crippen LogP contribution in [-0.4, -0.2) is 39.6 Å². The highest BCUT2D eigenvalue weighted by atomic mass is 16.5. The van der Waals surface area contributed by atoms with E-state index in [1.54, 1.807) is 7.11 Å². The fraction of sp³-hybridized carbons (Fsp3) is 0.571. The maximum Gasteiger partial charge on any atom is 0.207 e. The lowest BCUT2D eigenvalue weighted by Crippen LogP contribution is -2.11. The molecule has 0 atom stereocenters. The summed E-state index contributed by atoms with van der Waals surface area (Å²) in [5, 5.41) is 7.71. The molecule has 0 saturated carbocycles. The van der Waals surface area contributed by atoms with Crippen molar-refractivity contribution in [3.05, 3.63) is 24.3 Å². The number of hydrogen-bond acceptors (Lipinski definition) is 4. The molecule has 0 spiro atoms. The van der Waals surface area contributed by atoms with Crippen LogP contribution in [0.25, 0.3) is 5.69 Å². The number of rotatable bonds is 7. The third-order valence-electron chi connectivity index (χ3n) is 2.92. The Kier molecular flexibility index (Phi) is 4.79. The molecule has 2 heterocycles. The molecule has 0 saturated heterocycles. The van der Waals surface area contributed by atoms with Crippen LogP contribution in [0, 0.1) is 12.8 Å². The predicted octanol–water partition coefficient (Wildman–Crippen LogP) is 2.09. The third kappa shape index (κ3) is 3.60. The number of nitrogens with zero attached hydrogens (tertiary/aromatic N) is 4. The summed E-state index contributed by atoms with van der Waals surface area (Å²) >= 11 is 0. The summed E-state index contributed by atoms with van der Waals surface area (Å²) in [5.74, 6) is 1.44. The van der Waals surface area contributed by atoms with Crippen molar-refractivity contribution in [1.82, 2.24) is 19.3 Å².